The Labute approximate surface area is 135 Å². The first kappa shape index (κ1) is 15.4. The number of hydrogen-bond donors (Lipinski definition) is 1. The monoisotopic (exact) mass is 327 g/mol. The molecule has 1 N–H and O–H groups in total. The van der Waals surface area contributed by atoms with E-state index in [9.17, 15) is 8.42 Å². The molecule has 6 heteroatoms. The lowest BCUT2D eigenvalue weighted by Crippen LogP contribution is -2.00. The maximum atomic E-state index is 11.8. The number of sulfone groups is 1. The van der Waals surface area contributed by atoms with Crippen molar-refractivity contribution in [2.75, 3.05) is 11.6 Å². The van der Waals surface area contributed by atoms with E-state index in [1.54, 1.807) is 18.2 Å². The molecule has 2 aromatic carbocycles. The Morgan fingerprint density at radius 2 is 1.78 bits per heavy atom. The summed E-state index contributed by atoms with van der Waals surface area (Å²) in [6, 6.07) is 12.9. The summed E-state index contributed by atoms with van der Waals surface area (Å²) < 4.78 is 23.5. The van der Waals surface area contributed by atoms with Crippen molar-refractivity contribution in [3.8, 4) is 0 Å². The highest BCUT2D eigenvalue weighted by atomic mass is 32.2. The van der Waals surface area contributed by atoms with Gasteiger partial charge in [0.1, 0.15) is 12.1 Å². The van der Waals surface area contributed by atoms with Crippen LogP contribution < -0.4 is 5.32 Å². The number of nitrogens with one attached hydrogen (secondary N) is 1. The molecule has 0 spiro atoms. The van der Waals surface area contributed by atoms with Gasteiger partial charge in [0.05, 0.1) is 10.4 Å². The van der Waals surface area contributed by atoms with Crippen molar-refractivity contribution in [1.29, 1.82) is 0 Å². The number of aromatic nitrogens is 2. The summed E-state index contributed by atoms with van der Waals surface area (Å²) >= 11 is 0. The van der Waals surface area contributed by atoms with E-state index in [-0.39, 0.29) is 4.90 Å². The Kier molecular flexibility index (Phi) is 4.00. The lowest BCUT2D eigenvalue weighted by Gasteiger charge is -2.09. The topological polar surface area (TPSA) is 72.0 Å². The van der Waals surface area contributed by atoms with Gasteiger partial charge in [0.2, 0.25) is 0 Å². The zero-order chi connectivity index (χ0) is 16.4. The molecule has 0 fully saturated rings. The molecular formula is C17H17N3O2S. The highest BCUT2D eigenvalue weighted by Gasteiger charge is 2.11. The molecule has 0 aliphatic carbocycles. The van der Waals surface area contributed by atoms with Crippen LogP contribution in [-0.2, 0) is 16.3 Å². The first-order valence-electron chi connectivity index (χ1n) is 7.28. The van der Waals surface area contributed by atoms with Crippen LogP contribution in [0.5, 0.6) is 0 Å². The van der Waals surface area contributed by atoms with Crippen molar-refractivity contribution in [2.24, 2.45) is 0 Å². The number of rotatable bonds is 4. The summed E-state index contributed by atoms with van der Waals surface area (Å²) in [7, 11) is -3.28. The van der Waals surface area contributed by atoms with E-state index < -0.39 is 9.84 Å². The summed E-state index contributed by atoms with van der Waals surface area (Å²) in [5, 5.41) is 3.91. The summed E-state index contributed by atoms with van der Waals surface area (Å²) in [5.41, 5.74) is 2.84. The molecule has 3 rings (SSSR count). The van der Waals surface area contributed by atoms with Gasteiger partial charge in [-0.2, -0.15) is 0 Å². The van der Waals surface area contributed by atoms with Crippen LogP contribution in [-0.4, -0.2) is 24.6 Å². The third kappa shape index (κ3) is 3.32. The molecule has 0 saturated heterocycles. The van der Waals surface area contributed by atoms with Crippen molar-refractivity contribution in [2.45, 2.75) is 18.2 Å². The van der Waals surface area contributed by atoms with Crippen LogP contribution in [0.3, 0.4) is 0 Å². The molecule has 0 saturated carbocycles. The maximum absolute atomic E-state index is 11.8. The van der Waals surface area contributed by atoms with E-state index >= 15 is 0 Å². The summed E-state index contributed by atoms with van der Waals surface area (Å²) in [6.07, 6.45) is 3.63. The van der Waals surface area contributed by atoms with Crippen LogP contribution >= 0.6 is 0 Å². The quantitative estimate of drug-likeness (QED) is 0.795. The molecule has 23 heavy (non-hydrogen) atoms. The van der Waals surface area contributed by atoms with Crippen LogP contribution in [0.4, 0.5) is 11.5 Å². The van der Waals surface area contributed by atoms with Crippen LogP contribution in [0.15, 0.2) is 53.7 Å². The van der Waals surface area contributed by atoms with Gasteiger partial charge in [-0.1, -0.05) is 19.1 Å². The molecule has 0 radical (unpaired) electrons. The predicted octanol–water partition coefficient (Wildman–Crippen LogP) is 3.34. The van der Waals surface area contributed by atoms with E-state index in [1.807, 2.05) is 24.3 Å². The lowest BCUT2D eigenvalue weighted by molar-refractivity contribution is 0.602. The van der Waals surface area contributed by atoms with Crippen molar-refractivity contribution in [3.05, 3.63) is 54.4 Å². The molecule has 1 heterocycles. The fourth-order valence-corrected chi connectivity index (χ4v) is 2.97. The largest absolute Gasteiger partial charge is 0.340 e. The van der Waals surface area contributed by atoms with Gasteiger partial charge in [-0.3, -0.25) is 0 Å². The number of benzene rings is 2. The normalized spacial score (nSPS) is 11.6. The molecule has 0 amide bonds. The zero-order valence-corrected chi connectivity index (χ0v) is 13.8. The third-order valence-electron chi connectivity index (χ3n) is 3.66. The smallest absolute Gasteiger partial charge is 0.175 e. The highest BCUT2D eigenvalue weighted by molar-refractivity contribution is 7.90. The van der Waals surface area contributed by atoms with Crippen LogP contribution in [0.1, 0.15) is 12.5 Å². The molecule has 0 unspecified atom stereocenters. The van der Waals surface area contributed by atoms with Crippen molar-refractivity contribution in [3.63, 3.8) is 0 Å². The van der Waals surface area contributed by atoms with E-state index in [2.05, 4.69) is 22.2 Å². The maximum Gasteiger partial charge on any atom is 0.175 e. The highest BCUT2D eigenvalue weighted by Crippen LogP contribution is 2.25. The molecule has 118 valence electrons. The van der Waals surface area contributed by atoms with Crippen LogP contribution in [0, 0.1) is 0 Å². The Hall–Kier alpha value is -2.47. The number of aryl methyl sites for hydroxylation is 1. The Balaban J connectivity index is 2.05. The molecule has 0 bridgehead atoms. The number of nitrogens with zero attached hydrogens (tertiary/aromatic N) is 2. The van der Waals surface area contributed by atoms with E-state index in [4.69, 9.17) is 0 Å². The molecule has 5 nitrogen and oxygen atoms in total. The fourth-order valence-electron chi connectivity index (χ4n) is 2.33. The van der Waals surface area contributed by atoms with E-state index in [1.165, 1.54) is 18.1 Å². The summed E-state index contributed by atoms with van der Waals surface area (Å²) in [5.74, 6) is 0.588. The molecular weight excluding hydrogens is 310 g/mol. The van der Waals surface area contributed by atoms with Crippen LogP contribution in [0.25, 0.3) is 10.9 Å². The lowest BCUT2D eigenvalue weighted by atomic mass is 10.1. The standard InChI is InChI=1S/C17H17N3O2S/c1-3-12-4-6-13(7-5-12)20-17-15-10-14(23(2,21)22)8-9-16(15)18-11-19-17/h4-11H,3H2,1-2H3,(H,18,19,20). The average Bonchev–Trinajstić information content (AvgIpc) is 2.54. The molecule has 3 aromatic rings. The summed E-state index contributed by atoms with van der Waals surface area (Å²) in [4.78, 5) is 8.69. The van der Waals surface area contributed by atoms with Crippen molar-refractivity contribution >= 4 is 32.2 Å². The van der Waals surface area contributed by atoms with Gasteiger partial charge in [-0.15, -0.1) is 0 Å². The van der Waals surface area contributed by atoms with Gasteiger partial charge in [-0.05, 0) is 42.3 Å². The zero-order valence-electron chi connectivity index (χ0n) is 12.9. The third-order valence-corrected chi connectivity index (χ3v) is 4.77. The Morgan fingerprint density at radius 1 is 1.04 bits per heavy atom. The van der Waals surface area contributed by atoms with Gasteiger partial charge in [0.15, 0.2) is 9.84 Å². The van der Waals surface area contributed by atoms with Crippen molar-refractivity contribution < 1.29 is 8.42 Å². The minimum absolute atomic E-state index is 0.254. The second-order valence-corrected chi connectivity index (χ2v) is 7.36. The van der Waals surface area contributed by atoms with Gasteiger partial charge in [-0.25, -0.2) is 18.4 Å². The summed E-state index contributed by atoms with van der Waals surface area (Å²) in [6.45, 7) is 2.10. The minimum Gasteiger partial charge on any atom is -0.340 e. The van der Waals surface area contributed by atoms with E-state index in [0.717, 1.165) is 12.1 Å². The molecule has 0 aliphatic rings. The van der Waals surface area contributed by atoms with E-state index in [0.29, 0.717) is 16.7 Å². The average molecular weight is 327 g/mol. The molecule has 0 aliphatic heterocycles. The predicted molar refractivity (Wildman–Crippen MR) is 91.8 cm³/mol. The Bertz CT molecular complexity index is 951. The second kappa shape index (κ2) is 5.96. The van der Waals surface area contributed by atoms with Gasteiger partial charge < -0.3 is 5.32 Å². The van der Waals surface area contributed by atoms with Crippen molar-refractivity contribution in [1.82, 2.24) is 9.97 Å². The van der Waals surface area contributed by atoms with Gasteiger partial charge in [0.25, 0.3) is 0 Å². The number of anilines is 2. The number of fused-ring (bicyclic) bond motifs is 1. The Morgan fingerprint density at radius 3 is 2.43 bits per heavy atom. The first-order chi connectivity index (χ1) is 11.0. The molecule has 1 aromatic heterocycles. The molecule has 0 atom stereocenters. The van der Waals surface area contributed by atoms with Gasteiger partial charge in [0, 0.05) is 17.3 Å². The number of hydrogen-bond acceptors (Lipinski definition) is 5. The van der Waals surface area contributed by atoms with Gasteiger partial charge >= 0.3 is 0 Å². The second-order valence-electron chi connectivity index (χ2n) is 5.35. The minimum atomic E-state index is -3.28. The van der Waals surface area contributed by atoms with Crippen LogP contribution in [0.2, 0.25) is 0 Å². The fraction of sp³-hybridized carbons (Fsp3) is 0.176. The SMILES string of the molecule is CCc1ccc(Nc2ncnc3ccc(S(C)(=O)=O)cc23)cc1. The first-order valence-corrected chi connectivity index (χ1v) is 9.17.